The second kappa shape index (κ2) is 8.18. The maximum atomic E-state index is 14.8. The predicted molar refractivity (Wildman–Crippen MR) is 112 cm³/mol. The van der Waals surface area contributed by atoms with Gasteiger partial charge in [-0.2, -0.15) is 0 Å². The van der Waals surface area contributed by atoms with Crippen molar-refractivity contribution in [3.8, 4) is 0 Å². The van der Waals surface area contributed by atoms with Gasteiger partial charge in [-0.25, -0.2) is 4.39 Å². The van der Waals surface area contributed by atoms with Gasteiger partial charge < -0.3 is 20.2 Å². The number of aromatic nitrogens is 2. The first-order valence-electron chi connectivity index (χ1n) is 9.08. The topological polar surface area (TPSA) is 96.0 Å². The van der Waals surface area contributed by atoms with Crippen LogP contribution < -0.4 is 21.8 Å². The van der Waals surface area contributed by atoms with E-state index in [0.717, 1.165) is 5.56 Å². The molecule has 0 fully saturated rings. The summed E-state index contributed by atoms with van der Waals surface area (Å²) in [6, 6.07) is 7.98. The highest BCUT2D eigenvalue weighted by Gasteiger charge is 2.18. The number of aryl methyl sites for hydroxylation is 1. The molecule has 0 saturated heterocycles. The van der Waals surface area contributed by atoms with Crippen LogP contribution in [-0.4, -0.2) is 22.0 Å². The van der Waals surface area contributed by atoms with Crippen molar-refractivity contribution in [3.63, 3.8) is 0 Å². The number of anilines is 1. The van der Waals surface area contributed by atoms with Crippen molar-refractivity contribution < 1.29 is 9.18 Å². The summed E-state index contributed by atoms with van der Waals surface area (Å²) in [4.78, 5) is 38.9. The number of fused-ring (bicyclic) bond motifs is 2. The van der Waals surface area contributed by atoms with Crippen LogP contribution in [0.3, 0.4) is 0 Å². The lowest BCUT2D eigenvalue weighted by Gasteiger charge is -2.19. The lowest BCUT2D eigenvalue weighted by atomic mass is 9.99. The van der Waals surface area contributed by atoms with E-state index in [1.54, 1.807) is 31.2 Å². The molecule has 1 amide bonds. The highest BCUT2D eigenvalue weighted by molar-refractivity contribution is 6.06. The van der Waals surface area contributed by atoms with Crippen molar-refractivity contribution in [2.75, 3.05) is 11.9 Å². The van der Waals surface area contributed by atoms with Crippen LogP contribution >= 0.6 is 12.4 Å². The first-order chi connectivity index (χ1) is 13.5. The summed E-state index contributed by atoms with van der Waals surface area (Å²) in [5, 5.41) is 5.78. The molecule has 0 spiro atoms. The first kappa shape index (κ1) is 20.8. The molecule has 1 aliphatic rings. The maximum Gasteiger partial charge on any atom is 0.316 e. The molecule has 2 heterocycles. The number of carbonyl (C=O) groups excluding carboxylic acids is 1. The number of hydrogen-bond acceptors (Lipinski definition) is 4. The fraction of sp³-hybridized carbons (Fsp3) is 0.250. The Morgan fingerprint density at radius 1 is 1.24 bits per heavy atom. The summed E-state index contributed by atoms with van der Waals surface area (Å²) in [6.45, 7) is 3.39. The summed E-state index contributed by atoms with van der Waals surface area (Å²) in [5.41, 5.74) is 1.39. The van der Waals surface area contributed by atoms with Crippen LogP contribution in [0.15, 0.2) is 39.9 Å². The van der Waals surface area contributed by atoms with E-state index in [4.69, 9.17) is 0 Å². The maximum absolute atomic E-state index is 14.8. The average molecular weight is 419 g/mol. The van der Waals surface area contributed by atoms with Crippen molar-refractivity contribution in [2.24, 2.45) is 0 Å². The molecule has 3 aromatic rings. The van der Waals surface area contributed by atoms with E-state index in [9.17, 15) is 18.8 Å². The Hall–Kier alpha value is -2.97. The Bertz CT molecular complexity index is 1220. The number of aromatic amines is 1. The molecule has 0 unspecified atom stereocenters. The van der Waals surface area contributed by atoms with Crippen LogP contribution in [0.1, 0.15) is 28.4 Å². The number of benzene rings is 2. The SMILES string of the molecule is CCn1c(=O)c(=O)[nH]c2cc(C(=O)Nc3ccc4c(c3F)CCNC4)ccc21.Cl. The zero-order chi connectivity index (χ0) is 19.8. The van der Waals surface area contributed by atoms with Crippen LogP contribution in [0, 0.1) is 5.82 Å². The minimum absolute atomic E-state index is 0. The number of nitrogens with zero attached hydrogens (tertiary/aromatic N) is 1. The van der Waals surface area contributed by atoms with E-state index in [0.29, 0.717) is 42.7 Å². The van der Waals surface area contributed by atoms with E-state index >= 15 is 0 Å². The zero-order valence-corrected chi connectivity index (χ0v) is 16.5. The molecule has 0 aliphatic carbocycles. The van der Waals surface area contributed by atoms with Gasteiger partial charge in [0, 0.05) is 18.7 Å². The fourth-order valence-electron chi connectivity index (χ4n) is 3.56. The average Bonchev–Trinajstić information content (AvgIpc) is 2.71. The predicted octanol–water partition coefficient (Wildman–Crippen LogP) is 2.17. The number of rotatable bonds is 3. The Labute approximate surface area is 171 Å². The summed E-state index contributed by atoms with van der Waals surface area (Å²) < 4.78 is 16.1. The molecule has 0 bridgehead atoms. The number of H-pyrrole nitrogens is 1. The van der Waals surface area contributed by atoms with Gasteiger partial charge in [0.25, 0.3) is 5.91 Å². The van der Waals surface area contributed by atoms with Crippen molar-refractivity contribution in [3.05, 3.63) is 73.5 Å². The molecule has 152 valence electrons. The van der Waals surface area contributed by atoms with Crippen LogP contribution in [0.2, 0.25) is 0 Å². The first-order valence-corrected chi connectivity index (χ1v) is 9.08. The minimum atomic E-state index is -0.749. The third-order valence-corrected chi connectivity index (χ3v) is 5.01. The van der Waals surface area contributed by atoms with Crippen LogP contribution in [0.4, 0.5) is 10.1 Å². The van der Waals surface area contributed by atoms with E-state index in [-0.39, 0.29) is 23.7 Å². The number of nitrogens with one attached hydrogen (secondary N) is 3. The van der Waals surface area contributed by atoms with E-state index in [1.807, 2.05) is 0 Å². The van der Waals surface area contributed by atoms with Gasteiger partial charge in [0.2, 0.25) is 0 Å². The van der Waals surface area contributed by atoms with Gasteiger partial charge in [-0.3, -0.25) is 14.4 Å². The molecule has 4 rings (SSSR count). The van der Waals surface area contributed by atoms with Crippen molar-refractivity contribution >= 4 is 35.0 Å². The molecule has 9 heteroatoms. The van der Waals surface area contributed by atoms with Gasteiger partial charge in [0.1, 0.15) is 5.82 Å². The molecule has 0 saturated carbocycles. The molecule has 1 aromatic heterocycles. The summed E-state index contributed by atoms with van der Waals surface area (Å²) in [5.74, 6) is -0.911. The molecule has 1 aliphatic heterocycles. The molecule has 29 heavy (non-hydrogen) atoms. The summed E-state index contributed by atoms with van der Waals surface area (Å²) in [6.07, 6.45) is 0.566. The third kappa shape index (κ3) is 3.68. The smallest absolute Gasteiger partial charge is 0.316 e. The molecular weight excluding hydrogens is 399 g/mol. The molecule has 3 N–H and O–H groups in total. The minimum Gasteiger partial charge on any atom is -0.319 e. The number of hydrogen-bond donors (Lipinski definition) is 3. The zero-order valence-electron chi connectivity index (χ0n) is 15.7. The Morgan fingerprint density at radius 3 is 2.79 bits per heavy atom. The van der Waals surface area contributed by atoms with Crippen LogP contribution in [0.25, 0.3) is 11.0 Å². The molecule has 0 atom stereocenters. The highest BCUT2D eigenvalue weighted by atomic mass is 35.5. The largest absolute Gasteiger partial charge is 0.319 e. The van der Waals surface area contributed by atoms with Gasteiger partial charge in [-0.1, -0.05) is 6.07 Å². The summed E-state index contributed by atoms with van der Waals surface area (Å²) in [7, 11) is 0. The number of halogens is 2. The normalized spacial score (nSPS) is 12.9. The molecule has 0 radical (unpaired) electrons. The lowest BCUT2D eigenvalue weighted by Crippen LogP contribution is -2.36. The second-order valence-corrected chi connectivity index (χ2v) is 6.68. The standard InChI is InChI=1S/C20H19FN4O3.ClH/c1-2-25-16-6-4-11(9-15(16)24-19(27)20(25)28)18(26)23-14-5-3-12-10-22-8-7-13(12)17(14)21;/h3-6,9,22H,2,7-8,10H2,1H3,(H,23,26)(H,24,27);1H. The van der Waals surface area contributed by atoms with Gasteiger partial charge >= 0.3 is 11.1 Å². The van der Waals surface area contributed by atoms with Gasteiger partial charge in [0.15, 0.2) is 0 Å². The van der Waals surface area contributed by atoms with Crippen molar-refractivity contribution in [1.29, 1.82) is 0 Å². The highest BCUT2D eigenvalue weighted by Crippen LogP contribution is 2.25. The molecule has 7 nitrogen and oxygen atoms in total. The van der Waals surface area contributed by atoms with Gasteiger partial charge in [-0.15, -0.1) is 12.4 Å². The lowest BCUT2D eigenvalue weighted by molar-refractivity contribution is 0.102. The Morgan fingerprint density at radius 2 is 2.03 bits per heavy atom. The Balaban J connectivity index is 0.00000240. The summed E-state index contributed by atoms with van der Waals surface area (Å²) >= 11 is 0. The van der Waals surface area contributed by atoms with Gasteiger partial charge in [-0.05, 0) is 55.3 Å². The van der Waals surface area contributed by atoms with E-state index in [1.165, 1.54) is 10.6 Å². The van der Waals surface area contributed by atoms with Crippen LogP contribution in [0.5, 0.6) is 0 Å². The third-order valence-electron chi connectivity index (χ3n) is 5.01. The van der Waals surface area contributed by atoms with Gasteiger partial charge in [0.05, 0.1) is 16.7 Å². The quantitative estimate of drug-likeness (QED) is 0.568. The Kier molecular flexibility index (Phi) is 5.86. The fourth-order valence-corrected chi connectivity index (χ4v) is 3.56. The van der Waals surface area contributed by atoms with Crippen LogP contribution in [-0.2, 0) is 19.5 Å². The molecule has 2 aromatic carbocycles. The number of carbonyl (C=O) groups is 1. The van der Waals surface area contributed by atoms with Crippen molar-refractivity contribution in [1.82, 2.24) is 14.9 Å². The second-order valence-electron chi connectivity index (χ2n) is 6.68. The monoisotopic (exact) mass is 418 g/mol. The molecular formula is C20H20ClFN4O3. The van der Waals surface area contributed by atoms with E-state index in [2.05, 4.69) is 15.6 Å². The van der Waals surface area contributed by atoms with E-state index < -0.39 is 22.8 Å². The number of amides is 1. The van der Waals surface area contributed by atoms with Crippen molar-refractivity contribution in [2.45, 2.75) is 26.4 Å².